The molecule has 0 aromatic carbocycles. The van der Waals surface area contributed by atoms with Crippen molar-refractivity contribution < 1.29 is 5.11 Å². The average molecular weight is 244 g/mol. The molecular weight excluding hydrogens is 228 g/mol. The van der Waals surface area contributed by atoms with Crippen LogP contribution in [-0.2, 0) is 6.54 Å². The summed E-state index contributed by atoms with van der Waals surface area (Å²) in [5, 5.41) is 19.1. The van der Waals surface area contributed by atoms with E-state index < -0.39 is 0 Å². The number of aryl methyl sites for hydroxylation is 1. The zero-order valence-corrected chi connectivity index (χ0v) is 10.8. The lowest BCUT2D eigenvalue weighted by molar-refractivity contribution is 0.278. The molecule has 5 heteroatoms. The zero-order chi connectivity index (χ0) is 13.3. The topological polar surface area (TPSA) is 74.7 Å². The molecule has 0 aliphatic heterocycles. The first-order valence-electron chi connectivity index (χ1n) is 5.96. The normalized spacial score (nSPS) is 11.1. The van der Waals surface area contributed by atoms with Crippen LogP contribution in [0.25, 0.3) is 11.0 Å². The van der Waals surface area contributed by atoms with Gasteiger partial charge in [-0.2, -0.15) is 5.26 Å². The molecule has 94 valence electrons. The SMILES string of the molecule is Cc1nc(C(C)C)c2c(C#N)cn(CCO)c2n1. The third-order valence-electron chi connectivity index (χ3n) is 2.86. The van der Waals surface area contributed by atoms with Crippen molar-refractivity contribution in [1.82, 2.24) is 14.5 Å². The van der Waals surface area contributed by atoms with Crippen molar-refractivity contribution in [1.29, 1.82) is 5.26 Å². The van der Waals surface area contributed by atoms with Crippen LogP contribution in [0, 0.1) is 18.3 Å². The zero-order valence-electron chi connectivity index (χ0n) is 10.8. The molecule has 2 aromatic heterocycles. The van der Waals surface area contributed by atoms with Crippen LogP contribution in [0.1, 0.15) is 36.8 Å². The molecule has 0 aliphatic carbocycles. The molecule has 2 heterocycles. The summed E-state index contributed by atoms with van der Waals surface area (Å²) in [5.74, 6) is 0.916. The number of fused-ring (bicyclic) bond motifs is 1. The van der Waals surface area contributed by atoms with Crippen LogP contribution in [0.5, 0.6) is 0 Å². The van der Waals surface area contributed by atoms with Crippen molar-refractivity contribution in [2.24, 2.45) is 0 Å². The van der Waals surface area contributed by atoms with Gasteiger partial charge in [0.25, 0.3) is 0 Å². The fraction of sp³-hybridized carbons (Fsp3) is 0.462. The number of hydrogen-bond acceptors (Lipinski definition) is 4. The second kappa shape index (κ2) is 4.75. The molecule has 0 saturated heterocycles. The predicted molar refractivity (Wildman–Crippen MR) is 68.2 cm³/mol. The maximum absolute atomic E-state index is 9.21. The van der Waals surface area contributed by atoms with E-state index in [2.05, 4.69) is 16.0 Å². The van der Waals surface area contributed by atoms with Gasteiger partial charge >= 0.3 is 0 Å². The maximum Gasteiger partial charge on any atom is 0.145 e. The third-order valence-corrected chi connectivity index (χ3v) is 2.86. The quantitative estimate of drug-likeness (QED) is 0.892. The van der Waals surface area contributed by atoms with E-state index in [1.54, 1.807) is 6.20 Å². The summed E-state index contributed by atoms with van der Waals surface area (Å²) in [5.41, 5.74) is 2.20. The van der Waals surface area contributed by atoms with Gasteiger partial charge in [-0.1, -0.05) is 13.8 Å². The molecule has 0 amide bonds. The van der Waals surface area contributed by atoms with Crippen LogP contribution in [-0.4, -0.2) is 26.2 Å². The molecule has 0 saturated carbocycles. The van der Waals surface area contributed by atoms with Gasteiger partial charge in [0.1, 0.15) is 17.5 Å². The molecule has 0 spiro atoms. The van der Waals surface area contributed by atoms with Crippen molar-refractivity contribution >= 4 is 11.0 Å². The molecule has 0 unspecified atom stereocenters. The smallest absolute Gasteiger partial charge is 0.145 e. The summed E-state index contributed by atoms with van der Waals surface area (Å²) in [7, 11) is 0. The van der Waals surface area contributed by atoms with E-state index >= 15 is 0 Å². The van der Waals surface area contributed by atoms with Gasteiger partial charge in [-0.3, -0.25) is 0 Å². The van der Waals surface area contributed by atoms with Gasteiger partial charge in [-0.25, -0.2) is 9.97 Å². The average Bonchev–Trinajstić information content (AvgIpc) is 2.67. The molecule has 1 N–H and O–H groups in total. The van der Waals surface area contributed by atoms with Crippen molar-refractivity contribution in [3.8, 4) is 6.07 Å². The minimum Gasteiger partial charge on any atom is -0.395 e. The van der Waals surface area contributed by atoms with Gasteiger partial charge in [-0.15, -0.1) is 0 Å². The van der Waals surface area contributed by atoms with E-state index in [0.717, 1.165) is 16.7 Å². The van der Waals surface area contributed by atoms with E-state index in [4.69, 9.17) is 5.11 Å². The van der Waals surface area contributed by atoms with E-state index in [0.29, 0.717) is 17.9 Å². The van der Waals surface area contributed by atoms with Gasteiger partial charge in [0.2, 0.25) is 0 Å². The first-order chi connectivity index (χ1) is 8.58. The van der Waals surface area contributed by atoms with Crippen LogP contribution in [0.2, 0.25) is 0 Å². The van der Waals surface area contributed by atoms with Crippen molar-refractivity contribution in [3.63, 3.8) is 0 Å². The van der Waals surface area contributed by atoms with Crippen molar-refractivity contribution in [2.75, 3.05) is 6.61 Å². The monoisotopic (exact) mass is 244 g/mol. The highest BCUT2D eigenvalue weighted by atomic mass is 16.3. The van der Waals surface area contributed by atoms with Crippen molar-refractivity contribution in [2.45, 2.75) is 33.2 Å². The molecular formula is C13H16N4O. The van der Waals surface area contributed by atoms with Crippen LogP contribution < -0.4 is 0 Å². The Morgan fingerprint density at radius 3 is 2.72 bits per heavy atom. The van der Waals surface area contributed by atoms with Crippen molar-refractivity contribution in [3.05, 3.63) is 23.3 Å². The number of aliphatic hydroxyl groups is 1. The second-order valence-corrected chi connectivity index (χ2v) is 4.58. The van der Waals surface area contributed by atoms with Gasteiger partial charge in [0.15, 0.2) is 0 Å². The maximum atomic E-state index is 9.21. The van der Waals surface area contributed by atoms with Gasteiger partial charge in [0, 0.05) is 12.7 Å². The minimum absolute atomic E-state index is 0.0225. The van der Waals surface area contributed by atoms with Gasteiger partial charge in [0.05, 0.1) is 23.3 Å². The summed E-state index contributed by atoms with van der Waals surface area (Å²) >= 11 is 0. The Kier molecular flexibility index (Phi) is 3.30. The van der Waals surface area contributed by atoms with Crippen LogP contribution in [0.15, 0.2) is 6.20 Å². The number of rotatable bonds is 3. The summed E-state index contributed by atoms with van der Waals surface area (Å²) in [6, 6.07) is 2.18. The highest BCUT2D eigenvalue weighted by Crippen LogP contribution is 2.27. The lowest BCUT2D eigenvalue weighted by Gasteiger charge is -2.08. The van der Waals surface area contributed by atoms with E-state index in [1.807, 2.05) is 25.3 Å². The fourth-order valence-corrected chi connectivity index (χ4v) is 2.11. The second-order valence-electron chi connectivity index (χ2n) is 4.58. The largest absolute Gasteiger partial charge is 0.395 e. The molecule has 0 radical (unpaired) electrons. The number of hydrogen-bond donors (Lipinski definition) is 1. The van der Waals surface area contributed by atoms with E-state index in [-0.39, 0.29) is 12.5 Å². The first kappa shape index (κ1) is 12.5. The number of aromatic nitrogens is 3. The number of nitrogens with zero attached hydrogens (tertiary/aromatic N) is 4. The lowest BCUT2D eigenvalue weighted by Crippen LogP contribution is -2.04. The van der Waals surface area contributed by atoms with Gasteiger partial charge in [-0.05, 0) is 12.8 Å². The Hall–Kier alpha value is -1.93. The molecule has 0 atom stereocenters. The van der Waals surface area contributed by atoms with E-state index in [9.17, 15) is 5.26 Å². The molecule has 0 bridgehead atoms. The Bertz CT molecular complexity index is 622. The Labute approximate surface area is 106 Å². The third kappa shape index (κ3) is 1.95. The Balaban J connectivity index is 2.83. The molecule has 0 fully saturated rings. The summed E-state index contributed by atoms with van der Waals surface area (Å²) in [6.07, 6.45) is 1.74. The Morgan fingerprint density at radius 2 is 2.17 bits per heavy atom. The summed E-state index contributed by atoms with van der Waals surface area (Å²) < 4.78 is 1.81. The molecule has 5 nitrogen and oxygen atoms in total. The first-order valence-corrected chi connectivity index (χ1v) is 5.96. The van der Waals surface area contributed by atoms with Crippen LogP contribution in [0.3, 0.4) is 0 Å². The molecule has 18 heavy (non-hydrogen) atoms. The minimum atomic E-state index is 0.0225. The molecule has 2 rings (SSSR count). The summed E-state index contributed by atoms with van der Waals surface area (Å²) in [6.45, 7) is 6.39. The number of nitriles is 1. The lowest BCUT2D eigenvalue weighted by atomic mass is 10.0. The Morgan fingerprint density at radius 1 is 1.44 bits per heavy atom. The summed E-state index contributed by atoms with van der Waals surface area (Å²) in [4.78, 5) is 8.84. The van der Waals surface area contributed by atoms with E-state index in [1.165, 1.54) is 0 Å². The highest BCUT2D eigenvalue weighted by Gasteiger charge is 2.17. The van der Waals surface area contributed by atoms with Gasteiger partial charge < -0.3 is 9.67 Å². The molecule has 0 aliphatic rings. The standard InChI is InChI=1S/C13H16N4O/c1-8(2)12-11-10(6-14)7-17(4-5-18)13(11)16-9(3)15-12/h7-8,18H,4-5H2,1-3H3. The van der Waals surface area contributed by atoms with Crippen LogP contribution in [0.4, 0.5) is 0 Å². The fourth-order valence-electron chi connectivity index (χ4n) is 2.11. The number of aliphatic hydroxyl groups excluding tert-OH is 1. The predicted octanol–water partition coefficient (Wildman–Crippen LogP) is 1.73. The highest BCUT2D eigenvalue weighted by molar-refractivity contribution is 5.86. The molecule has 2 aromatic rings. The van der Waals surface area contributed by atoms with Crippen LogP contribution >= 0.6 is 0 Å².